The number of ether oxygens (including phenoxy) is 1. The third-order valence-electron chi connectivity index (χ3n) is 4.28. The molecule has 0 saturated heterocycles. The van der Waals surface area contributed by atoms with Crippen LogP contribution >= 0.6 is 0 Å². The number of nitrogen functional groups attached to an aromatic ring is 1. The summed E-state index contributed by atoms with van der Waals surface area (Å²) in [5.74, 6) is -1.97. The van der Waals surface area contributed by atoms with Crippen molar-refractivity contribution in [1.82, 2.24) is 4.98 Å². The maximum absolute atomic E-state index is 14.1. The maximum Gasteiger partial charge on any atom is 0.411 e. The maximum atomic E-state index is 14.1. The zero-order valence-corrected chi connectivity index (χ0v) is 16.3. The molecule has 0 bridgehead atoms. The fourth-order valence-electron chi connectivity index (χ4n) is 2.75. The van der Waals surface area contributed by atoms with Gasteiger partial charge in [0.15, 0.2) is 11.5 Å². The molecule has 0 aliphatic heterocycles. The van der Waals surface area contributed by atoms with Crippen LogP contribution < -0.4 is 16.4 Å². The highest BCUT2D eigenvalue weighted by Crippen LogP contribution is 2.24. The SMILES string of the molecule is COC(=O)Nc1ccc(-c2cnc(N)c(/C(=N/N=N)[NH2+]c3cccc(F)c3F)c2)cc1. The highest BCUT2D eigenvalue weighted by Gasteiger charge is 2.20. The molecule has 6 N–H and O–H groups in total. The monoisotopic (exact) mass is 426 g/mol. The number of rotatable bonds is 5. The van der Waals surface area contributed by atoms with Gasteiger partial charge < -0.3 is 10.5 Å². The molecular weight excluding hydrogens is 408 g/mol. The molecule has 0 atom stereocenters. The number of amides is 1. The van der Waals surface area contributed by atoms with E-state index in [9.17, 15) is 13.6 Å². The molecule has 3 rings (SSSR count). The first-order valence-electron chi connectivity index (χ1n) is 8.87. The number of hydrogen-bond donors (Lipinski definition) is 4. The average molecular weight is 426 g/mol. The van der Waals surface area contributed by atoms with Crippen LogP contribution in [0, 0.1) is 17.2 Å². The van der Waals surface area contributed by atoms with Gasteiger partial charge in [0.05, 0.1) is 7.11 Å². The second-order valence-electron chi connectivity index (χ2n) is 6.22. The van der Waals surface area contributed by atoms with Gasteiger partial charge >= 0.3 is 6.09 Å². The molecule has 2 aromatic carbocycles. The molecule has 0 radical (unpaired) electrons. The highest BCUT2D eigenvalue weighted by molar-refractivity contribution is 5.97. The van der Waals surface area contributed by atoms with Crippen molar-refractivity contribution >= 4 is 29.1 Å². The molecule has 1 aromatic heterocycles. The van der Waals surface area contributed by atoms with E-state index in [4.69, 9.17) is 11.3 Å². The molecule has 0 aliphatic rings. The van der Waals surface area contributed by atoms with E-state index in [1.807, 2.05) is 0 Å². The molecular formula is C20H18F2N7O2+. The lowest BCUT2D eigenvalue weighted by Crippen LogP contribution is -2.83. The third kappa shape index (κ3) is 5.03. The van der Waals surface area contributed by atoms with Crippen LogP contribution in [0.25, 0.3) is 11.1 Å². The number of nitrogens with two attached hydrogens (primary N) is 2. The number of quaternary nitrogens is 1. The summed E-state index contributed by atoms with van der Waals surface area (Å²) in [7, 11) is 1.26. The minimum atomic E-state index is -1.06. The van der Waals surface area contributed by atoms with Crippen LogP contribution in [0.3, 0.4) is 0 Å². The summed E-state index contributed by atoms with van der Waals surface area (Å²) >= 11 is 0. The Morgan fingerprint density at radius 3 is 2.61 bits per heavy atom. The van der Waals surface area contributed by atoms with Gasteiger partial charge in [-0.1, -0.05) is 23.3 Å². The quantitative estimate of drug-likeness (QED) is 0.163. The van der Waals surface area contributed by atoms with Gasteiger partial charge in [0.1, 0.15) is 11.4 Å². The zero-order chi connectivity index (χ0) is 22.4. The summed E-state index contributed by atoms with van der Waals surface area (Å²) < 4.78 is 32.2. The fourth-order valence-corrected chi connectivity index (χ4v) is 2.75. The van der Waals surface area contributed by atoms with Gasteiger partial charge in [0.2, 0.25) is 5.82 Å². The van der Waals surface area contributed by atoms with Gasteiger partial charge in [-0.15, -0.1) is 0 Å². The largest absolute Gasteiger partial charge is 0.453 e. The Morgan fingerprint density at radius 2 is 1.94 bits per heavy atom. The van der Waals surface area contributed by atoms with Crippen molar-refractivity contribution in [3.63, 3.8) is 0 Å². The van der Waals surface area contributed by atoms with Crippen molar-refractivity contribution < 1.29 is 23.6 Å². The van der Waals surface area contributed by atoms with Crippen molar-refractivity contribution in [1.29, 1.82) is 5.53 Å². The van der Waals surface area contributed by atoms with E-state index in [0.717, 1.165) is 11.6 Å². The normalized spacial score (nSPS) is 11.1. The molecule has 158 valence electrons. The highest BCUT2D eigenvalue weighted by atomic mass is 19.2. The second-order valence-corrected chi connectivity index (χ2v) is 6.22. The number of pyridine rings is 1. The van der Waals surface area contributed by atoms with Crippen LogP contribution in [-0.2, 0) is 4.74 Å². The van der Waals surface area contributed by atoms with Gasteiger partial charge in [-0.05, 0) is 35.1 Å². The second kappa shape index (κ2) is 9.50. The van der Waals surface area contributed by atoms with Crippen LogP contribution in [0.5, 0.6) is 0 Å². The first-order valence-corrected chi connectivity index (χ1v) is 8.87. The Hall–Kier alpha value is -4.25. The van der Waals surface area contributed by atoms with Gasteiger partial charge in [-0.25, -0.2) is 14.2 Å². The van der Waals surface area contributed by atoms with E-state index in [2.05, 4.69) is 25.4 Å². The van der Waals surface area contributed by atoms with Crippen LogP contribution in [0.1, 0.15) is 5.56 Å². The molecule has 11 heteroatoms. The molecule has 0 aliphatic carbocycles. The number of aromatic nitrogens is 1. The fraction of sp³-hybridized carbons (Fsp3) is 0.0500. The summed E-state index contributed by atoms with van der Waals surface area (Å²) in [4.78, 5) is 15.4. The summed E-state index contributed by atoms with van der Waals surface area (Å²) in [6.07, 6.45) is 0.934. The van der Waals surface area contributed by atoms with E-state index in [-0.39, 0.29) is 22.9 Å². The van der Waals surface area contributed by atoms with Crippen molar-refractivity contribution in [2.24, 2.45) is 10.3 Å². The summed E-state index contributed by atoms with van der Waals surface area (Å²) in [5.41, 5.74) is 15.2. The van der Waals surface area contributed by atoms with E-state index < -0.39 is 17.7 Å². The van der Waals surface area contributed by atoms with Gasteiger partial charge in [0.25, 0.3) is 5.84 Å². The lowest BCUT2D eigenvalue weighted by atomic mass is 10.0. The lowest BCUT2D eigenvalue weighted by Gasteiger charge is -2.10. The molecule has 1 heterocycles. The van der Waals surface area contributed by atoms with Crippen LogP contribution in [0.2, 0.25) is 0 Å². The summed E-state index contributed by atoms with van der Waals surface area (Å²) in [6, 6.07) is 12.2. The van der Waals surface area contributed by atoms with E-state index >= 15 is 0 Å². The number of carbonyl (C=O) groups excluding carboxylic acids is 1. The molecule has 1 amide bonds. The Kier molecular flexibility index (Phi) is 6.58. The molecule has 31 heavy (non-hydrogen) atoms. The number of nitrogens with zero attached hydrogens (tertiary/aromatic N) is 3. The van der Waals surface area contributed by atoms with Crippen LogP contribution in [0.15, 0.2) is 65.1 Å². The van der Waals surface area contributed by atoms with Crippen molar-refractivity contribution in [3.8, 4) is 11.1 Å². The zero-order valence-electron chi connectivity index (χ0n) is 16.3. The number of halogens is 2. The predicted molar refractivity (Wildman–Crippen MR) is 110 cm³/mol. The lowest BCUT2D eigenvalue weighted by molar-refractivity contribution is -0.445. The number of nitrogens with one attached hydrogen (secondary N) is 2. The molecule has 3 aromatic rings. The smallest absolute Gasteiger partial charge is 0.411 e. The Labute approximate surface area is 175 Å². The third-order valence-corrected chi connectivity index (χ3v) is 4.28. The van der Waals surface area contributed by atoms with E-state index in [0.29, 0.717) is 11.3 Å². The number of hydrogen-bond acceptors (Lipinski definition) is 6. The number of amidine groups is 1. The first-order chi connectivity index (χ1) is 14.9. The summed E-state index contributed by atoms with van der Waals surface area (Å²) in [5, 5.41) is 10.5. The molecule has 0 spiro atoms. The standard InChI is InChI=1S/C20H17F2N7O2/c1-31-20(30)26-13-7-5-11(6-8-13)12-9-14(18(23)25-10-12)19(28-29-24)27-16-4-2-3-15(21)17(16)22/h2-10H,1H3,(H2,23,25)(H,26,30)(H2,24,27,28)/p+1. The molecule has 9 nitrogen and oxygen atoms in total. The van der Waals surface area contributed by atoms with E-state index in [1.54, 1.807) is 30.3 Å². The molecule has 0 fully saturated rings. The molecule has 0 saturated carbocycles. The summed E-state index contributed by atoms with van der Waals surface area (Å²) in [6.45, 7) is 0. The average Bonchev–Trinajstić information content (AvgIpc) is 2.77. The number of methoxy groups -OCH3 is 1. The Balaban J connectivity index is 1.95. The Morgan fingerprint density at radius 1 is 1.19 bits per heavy atom. The van der Waals surface area contributed by atoms with Crippen LogP contribution in [0.4, 0.5) is 30.8 Å². The van der Waals surface area contributed by atoms with Crippen molar-refractivity contribution in [2.75, 3.05) is 18.2 Å². The number of benzene rings is 2. The number of anilines is 2. The van der Waals surface area contributed by atoms with Gasteiger partial charge in [-0.3, -0.25) is 10.6 Å². The topological polar surface area (TPSA) is 142 Å². The van der Waals surface area contributed by atoms with Gasteiger partial charge in [-0.2, -0.15) is 9.92 Å². The van der Waals surface area contributed by atoms with E-state index in [1.165, 1.54) is 30.8 Å². The minimum Gasteiger partial charge on any atom is -0.453 e. The van der Waals surface area contributed by atoms with Gasteiger partial charge in [0, 0.05) is 23.5 Å². The van der Waals surface area contributed by atoms with Crippen molar-refractivity contribution in [3.05, 3.63) is 71.9 Å². The van der Waals surface area contributed by atoms with Crippen molar-refractivity contribution in [2.45, 2.75) is 0 Å². The predicted octanol–water partition coefficient (Wildman–Crippen LogP) is 3.37. The Bertz CT molecular complexity index is 1150. The first kappa shape index (κ1) is 21.5. The molecule has 0 unspecified atom stereocenters. The van der Waals surface area contributed by atoms with Crippen LogP contribution in [-0.4, -0.2) is 24.0 Å². The number of carbonyl (C=O) groups is 1. The minimum absolute atomic E-state index is 0.0373.